The van der Waals surface area contributed by atoms with Crippen molar-refractivity contribution >= 4 is 5.91 Å². The summed E-state index contributed by atoms with van der Waals surface area (Å²) < 4.78 is 0. The summed E-state index contributed by atoms with van der Waals surface area (Å²) in [5, 5.41) is 1.65. The lowest BCUT2D eigenvalue weighted by Crippen LogP contribution is -2.44. The summed E-state index contributed by atoms with van der Waals surface area (Å²) in [5.41, 5.74) is 5.11. The van der Waals surface area contributed by atoms with Crippen LogP contribution in [0.2, 0.25) is 0 Å². The predicted octanol–water partition coefficient (Wildman–Crippen LogP) is -0.943. The molecule has 1 saturated heterocycles. The Morgan fingerprint density at radius 1 is 1.60 bits per heavy atom. The summed E-state index contributed by atoms with van der Waals surface area (Å²) >= 11 is 0. The fourth-order valence-electron chi connectivity index (χ4n) is 1.24. The van der Waals surface area contributed by atoms with Crippen molar-refractivity contribution in [1.29, 1.82) is 0 Å². The van der Waals surface area contributed by atoms with Gasteiger partial charge in [0.2, 0.25) is 5.91 Å². The van der Waals surface area contributed by atoms with E-state index >= 15 is 0 Å². The lowest BCUT2D eigenvalue weighted by Gasteiger charge is -2.26. The monoisotopic (exact) mass is 143 g/mol. The fraction of sp³-hybridized carbons (Fsp3) is 0.833. The Morgan fingerprint density at radius 2 is 2.30 bits per heavy atom. The molecule has 58 valence electrons. The normalized spacial score (nSPS) is 28.3. The Bertz CT molecular complexity index is 137. The van der Waals surface area contributed by atoms with Crippen LogP contribution in [-0.2, 0) is 4.79 Å². The first-order chi connectivity index (χ1) is 4.70. The third-order valence-corrected chi connectivity index (χ3v) is 1.86. The number of hydrogen-bond donors (Lipinski definition) is 2. The maximum Gasteiger partial charge on any atom is 0.221 e. The smallest absolute Gasteiger partial charge is 0.221 e. The van der Waals surface area contributed by atoms with Gasteiger partial charge in [0.1, 0.15) is 0 Å². The number of rotatable bonds is 1. The van der Waals surface area contributed by atoms with Crippen molar-refractivity contribution in [3.63, 3.8) is 0 Å². The number of carbonyl (C=O) groups excluding carboxylic acids is 1. The first-order valence-electron chi connectivity index (χ1n) is 3.49. The Hall–Kier alpha value is -0.610. The minimum atomic E-state index is -0.227. The zero-order valence-corrected chi connectivity index (χ0v) is 5.92. The van der Waals surface area contributed by atoms with Gasteiger partial charge in [-0.3, -0.25) is 10.6 Å². The standard InChI is InChI=1S/C6H13N3O/c7-6(10)5-2-1-3-9(8)4-5/h5H,1-4,8H2,(H2,7,10)/t5-/m0/s1. The Morgan fingerprint density at radius 3 is 2.70 bits per heavy atom. The molecule has 0 radical (unpaired) electrons. The Balaban J connectivity index is 2.39. The van der Waals surface area contributed by atoms with Crippen LogP contribution in [0.3, 0.4) is 0 Å². The number of nitrogens with zero attached hydrogens (tertiary/aromatic N) is 1. The van der Waals surface area contributed by atoms with E-state index in [0.29, 0.717) is 6.54 Å². The highest BCUT2D eigenvalue weighted by molar-refractivity contribution is 5.76. The summed E-state index contributed by atoms with van der Waals surface area (Å²) in [6.07, 6.45) is 1.87. The largest absolute Gasteiger partial charge is 0.369 e. The van der Waals surface area contributed by atoms with E-state index in [1.54, 1.807) is 5.01 Å². The van der Waals surface area contributed by atoms with Gasteiger partial charge in [0.25, 0.3) is 0 Å². The average molecular weight is 143 g/mol. The van der Waals surface area contributed by atoms with Crippen LogP contribution in [0, 0.1) is 5.92 Å². The number of amides is 1. The number of hydrazine groups is 1. The van der Waals surface area contributed by atoms with Crippen LogP contribution in [0.4, 0.5) is 0 Å². The molecule has 0 aromatic heterocycles. The summed E-state index contributed by atoms with van der Waals surface area (Å²) in [6, 6.07) is 0. The van der Waals surface area contributed by atoms with Crippen molar-refractivity contribution in [2.75, 3.05) is 13.1 Å². The van der Waals surface area contributed by atoms with E-state index in [2.05, 4.69) is 0 Å². The molecule has 0 aromatic carbocycles. The van der Waals surface area contributed by atoms with Gasteiger partial charge in [0.05, 0.1) is 5.92 Å². The molecule has 1 aliphatic heterocycles. The highest BCUT2D eigenvalue weighted by atomic mass is 16.1. The van der Waals surface area contributed by atoms with E-state index in [-0.39, 0.29) is 11.8 Å². The van der Waals surface area contributed by atoms with E-state index in [0.717, 1.165) is 19.4 Å². The average Bonchev–Trinajstić information content (AvgIpc) is 1.88. The van der Waals surface area contributed by atoms with Crippen molar-refractivity contribution in [3.8, 4) is 0 Å². The Labute approximate surface area is 60.1 Å². The molecule has 1 heterocycles. The molecule has 10 heavy (non-hydrogen) atoms. The highest BCUT2D eigenvalue weighted by Crippen LogP contribution is 2.12. The van der Waals surface area contributed by atoms with Crippen LogP contribution in [0.25, 0.3) is 0 Å². The zero-order valence-electron chi connectivity index (χ0n) is 5.92. The molecule has 0 bridgehead atoms. The number of hydrogen-bond acceptors (Lipinski definition) is 3. The minimum Gasteiger partial charge on any atom is -0.369 e. The molecule has 0 saturated carbocycles. The second-order valence-electron chi connectivity index (χ2n) is 2.74. The second-order valence-corrected chi connectivity index (χ2v) is 2.74. The number of carbonyl (C=O) groups is 1. The van der Waals surface area contributed by atoms with Crippen molar-refractivity contribution < 1.29 is 4.79 Å². The van der Waals surface area contributed by atoms with Gasteiger partial charge in [0.15, 0.2) is 0 Å². The summed E-state index contributed by atoms with van der Waals surface area (Å²) in [7, 11) is 0. The van der Waals surface area contributed by atoms with Crippen LogP contribution in [0.1, 0.15) is 12.8 Å². The molecule has 1 amide bonds. The van der Waals surface area contributed by atoms with Gasteiger partial charge < -0.3 is 5.73 Å². The van der Waals surface area contributed by atoms with Crippen molar-refractivity contribution in [2.24, 2.45) is 17.5 Å². The van der Waals surface area contributed by atoms with Crippen LogP contribution in [0.5, 0.6) is 0 Å². The molecule has 4 nitrogen and oxygen atoms in total. The zero-order chi connectivity index (χ0) is 7.56. The SMILES string of the molecule is NC(=O)[C@H]1CCCN(N)C1. The molecule has 0 unspecified atom stereocenters. The molecule has 1 aliphatic rings. The first-order valence-corrected chi connectivity index (χ1v) is 3.49. The molecule has 4 heteroatoms. The van der Waals surface area contributed by atoms with Gasteiger partial charge in [-0.25, -0.2) is 5.01 Å². The van der Waals surface area contributed by atoms with Crippen LogP contribution >= 0.6 is 0 Å². The first kappa shape index (κ1) is 7.50. The van der Waals surface area contributed by atoms with Crippen LogP contribution in [-0.4, -0.2) is 24.0 Å². The van der Waals surface area contributed by atoms with E-state index in [4.69, 9.17) is 11.6 Å². The topological polar surface area (TPSA) is 72.4 Å². The Kier molecular flexibility index (Phi) is 2.24. The second kappa shape index (κ2) is 2.98. The lowest BCUT2D eigenvalue weighted by molar-refractivity contribution is -0.123. The molecule has 1 fully saturated rings. The molecule has 1 atom stereocenters. The van der Waals surface area contributed by atoms with E-state index < -0.39 is 0 Å². The maximum absolute atomic E-state index is 10.6. The van der Waals surface area contributed by atoms with E-state index in [1.165, 1.54) is 0 Å². The molecular formula is C6H13N3O. The molecule has 0 spiro atoms. The predicted molar refractivity (Wildman–Crippen MR) is 37.7 cm³/mol. The number of primary amides is 1. The number of nitrogens with two attached hydrogens (primary N) is 2. The quantitative estimate of drug-likeness (QED) is 0.465. The van der Waals surface area contributed by atoms with Gasteiger partial charge in [0, 0.05) is 13.1 Å². The van der Waals surface area contributed by atoms with Gasteiger partial charge in [-0.2, -0.15) is 0 Å². The third-order valence-electron chi connectivity index (χ3n) is 1.86. The minimum absolute atomic E-state index is 0.0289. The summed E-state index contributed by atoms with van der Waals surface area (Å²) in [4.78, 5) is 10.6. The van der Waals surface area contributed by atoms with Gasteiger partial charge >= 0.3 is 0 Å². The summed E-state index contributed by atoms with van der Waals surface area (Å²) in [5.74, 6) is 5.23. The van der Waals surface area contributed by atoms with Gasteiger partial charge in [-0.15, -0.1) is 0 Å². The van der Waals surface area contributed by atoms with Gasteiger partial charge in [-0.05, 0) is 12.8 Å². The maximum atomic E-state index is 10.6. The third kappa shape index (κ3) is 1.68. The fourth-order valence-corrected chi connectivity index (χ4v) is 1.24. The molecule has 4 N–H and O–H groups in total. The van der Waals surface area contributed by atoms with Crippen LogP contribution in [0.15, 0.2) is 0 Å². The molecular weight excluding hydrogens is 130 g/mol. The lowest BCUT2D eigenvalue weighted by atomic mass is 9.99. The molecule has 0 aliphatic carbocycles. The number of piperidine rings is 1. The van der Waals surface area contributed by atoms with Crippen molar-refractivity contribution in [2.45, 2.75) is 12.8 Å². The van der Waals surface area contributed by atoms with Crippen molar-refractivity contribution in [3.05, 3.63) is 0 Å². The van der Waals surface area contributed by atoms with Gasteiger partial charge in [-0.1, -0.05) is 0 Å². The highest BCUT2D eigenvalue weighted by Gasteiger charge is 2.21. The van der Waals surface area contributed by atoms with E-state index in [1.807, 2.05) is 0 Å². The summed E-state index contributed by atoms with van der Waals surface area (Å²) in [6.45, 7) is 1.50. The molecule has 1 rings (SSSR count). The van der Waals surface area contributed by atoms with Crippen molar-refractivity contribution in [1.82, 2.24) is 5.01 Å². The molecule has 0 aromatic rings. The van der Waals surface area contributed by atoms with E-state index in [9.17, 15) is 4.79 Å². The van der Waals surface area contributed by atoms with Crippen LogP contribution < -0.4 is 11.6 Å².